The van der Waals surface area contributed by atoms with E-state index in [0.29, 0.717) is 12.8 Å². The van der Waals surface area contributed by atoms with Gasteiger partial charge in [-0.15, -0.1) is 11.8 Å². The predicted octanol–water partition coefficient (Wildman–Crippen LogP) is 2.13. The van der Waals surface area contributed by atoms with E-state index in [0.717, 1.165) is 25.9 Å². The van der Waals surface area contributed by atoms with Crippen LogP contribution in [0.5, 0.6) is 0 Å². The smallest absolute Gasteiger partial charge is 0.105 e. The molecule has 0 spiro atoms. The minimum absolute atomic E-state index is 0.229. The normalized spacial score (nSPS) is 24.6. The van der Waals surface area contributed by atoms with Gasteiger partial charge >= 0.3 is 0 Å². The second-order valence-electron chi connectivity index (χ2n) is 3.59. The number of alkyl halides is 1. The van der Waals surface area contributed by atoms with Crippen molar-refractivity contribution in [2.75, 3.05) is 13.1 Å². The molecule has 2 atom stereocenters. The first-order chi connectivity index (χ1) is 6.34. The zero-order chi connectivity index (χ0) is 9.52. The van der Waals surface area contributed by atoms with Gasteiger partial charge in [0, 0.05) is 18.9 Å². The van der Waals surface area contributed by atoms with Gasteiger partial charge in [0.05, 0.1) is 0 Å². The van der Waals surface area contributed by atoms with Crippen LogP contribution in [0.1, 0.15) is 32.6 Å². The highest BCUT2D eigenvalue weighted by Gasteiger charge is 2.22. The lowest BCUT2D eigenvalue weighted by Crippen LogP contribution is -2.34. The van der Waals surface area contributed by atoms with Crippen molar-refractivity contribution in [2.24, 2.45) is 5.92 Å². The van der Waals surface area contributed by atoms with Gasteiger partial charge in [0.15, 0.2) is 0 Å². The third kappa shape index (κ3) is 3.78. The Hall–Kier alpha value is -0.550. The minimum Gasteiger partial charge on any atom is -0.316 e. The van der Waals surface area contributed by atoms with Gasteiger partial charge in [0.2, 0.25) is 0 Å². The quantitative estimate of drug-likeness (QED) is 0.661. The average molecular weight is 183 g/mol. The van der Waals surface area contributed by atoms with Gasteiger partial charge in [-0.2, -0.15) is 0 Å². The van der Waals surface area contributed by atoms with E-state index in [1.807, 2.05) is 0 Å². The third-order valence-electron chi connectivity index (χ3n) is 2.57. The fourth-order valence-electron chi connectivity index (χ4n) is 1.76. The summed E-state index contributed by atoms with van der Waals surface area (Å²) in [6, 6.07) is 0. The van der Waals surface area contributed by atoms with Crippen LogP contribution in [-0.4, -0.2) is 19.3 Å². The van der Waals surface area contributed by atoms with Crippen molar-refractivity contribution in [3.63, 3.8) is 0 Å². The van der Waals surface area contributed by atoms with E-state index in [-0.39, 0.29) is 5.92 Å². The highest BCUT2D eigenvalue weighted by molar-refractivity contribution is 4.95. The molecule has 0 bridgehead atoms. The van der Waals surface area contributed by atoms with Crippen molar-refractivity contribution >= 4 is 0 Å². The predicted molar refractivity (Wildman–Crippen MR) is 53.2 cm³/mol. The maximum absolute atomic E-state index is 13.5. The van der Waals surface area contributed by atoms with Gasteiger partial charge in [-0.1, -0.05) is 0 Å². The van der Waals surface area contributed by atoms with Gasteiger partial charge in [0.25, 0.3) is 0 Å². The van der Waals surface area contributed by atoms with Crippen LogP contribution in [-0.2, 0) is 0 Å². The molecule has 1 nitrogen and oxygen atoms in total. The Morgan fingerprint density at radius 1 is 1.62 bits per heavy atom. The molecule has 0 aliphatic carbocycles. The van der Waals surface area contributed by atoms with Gasteiger partial charge in [0.1, 0.15) is 6.17 Å². The number of halogens is 1. The number of hydrogen-bond donors (Lipinski definition) is 1. The Kier molecular flexibility index (Phi) is 4.85. The van der Waals surface area contributed by atoms with Crippen LogP contribution in [0.4, 0.5) is 4.39 Å². The fraction of sp³-hybridized carbons (Fsp3) is 0.818. The molecule has 1 N–H and O–H groups in total. The Morgan fingerprint density at radius 3 is 3.08 bits per heavy atom. The van der Waals surface area contributed by atoms with Crippen LogP contribution in [0, 0.1) is 17.8 Å². The van der Waals surface area contributed by atoms with Crippen molar-refractivity contribution in [2.45, 2.75) is 38.8 Å². The molecule has 0 amide bonds. The molecular formula is C11H18FN. The molecular weight excluding hydrogens is 165 g/mol. The van der Waals surface area contributed by atoms with Gasteiger partial charge in [-0.3, -0.25) is 0 Å². The van der Waals surface area contributed by atoms with E-state index in [4.69, 9.17) is 0 Å². The van der Waals surface area contributed by atoms with Crippen molar-refractivity contribution < 1.29 is 4.39 Å². The molecule has 13 heavy (non-hydrogen) atoms. The van der Waals surface area contributed by atoms with E-state index < -0.39 is 6.17 Å². The lowest BCUT2D eigenvalue weighted by Gasteiger charge is -2.25. The van der Waals surface area contributed by atoms with Gasteiger partial charge < -0.3 is 5.32 Å². The molecule has 1 rings (SSSR count). The van der Waals surface area contributed by atoms with Crippen LogP contribution in [0.25, 0.3) is 0 Å². The summed E-state index contributed by atoms with van der Waals surface area (Å²) in [7, 11) is 0. The standard InChI is InChI=1S/C11H18FN/c1-2-3-4-7-11(12)10-6-5-8-13-9-10/h10-11,13H,4-9H2,1H3. The summed E-state index contributed by atoms with van der Waals surface area (Å²) in [5, 5.41) is 3.23. The van der Waals surface area contributed by atoms with Crippen LogP contribution in [0.3, 0.4) is 0 Å². The molecule has 1 aliphatic heterocycles. The van der Waals surface area contributed by atoms with Gasteiger partial charge in [-0.25, -0.2) is 4.39 Å². The highest BCUT2D eigenvalue weighted by atomic mass is 19.1. The monoisotopic (exact) mass is 183 g/mol. The molecule has 0 aromatic heterocycles. The van der Waals surface area contributed by atoms with Crippen LogP contribution in [0.15, 0.2) is 0 Å². The Labute approximate surface area is 80.1 Å². The molecule has 1 fully saturated rings. The van der Waals surface area contributed by atoms with Gasteiger partial charge in [-0.05, 0) is 32.7 Å². The van der Waals surface area contributed by atoms with Crippen molar-refractivity contribution in [3.05, 3.63) is 0 Å². The Morgan fingerprint density at radius 2 is 2.46 bits per heavy atom. The van der Waals surface area contributed by atoms with E-state index >= 15 is 0 Å². The summed E-state index contributed by atoms with van der Waals surface area (Å²) in [6.07, 6.45) is 2.80. The topological polar surface area (TPSA) is 12.0 Å². The minimum atomic E-state index is -0.659. The molecule has 2 heteroatoms. The fourth-order valence-corrected chi connectivity index (χ4v) is 1.76. The highest BCUT2D eigenvalue weighted by Crippen LogP contribution is 2.20. The number of hydrogen-bond acceptors (Lipinski definition) is 1. The van der Waals surface area contributed by atoms with Crippen LogP contribution >= 0.6 is 0 Å². The molecule has 0 saturated carbocycles. The molecule has 1 aliphatic rings. The molecule has 74 valence electrons. The molecule has 2 unspecified atom stereocenters. The number of rotatable bonds is 3. The second-order valence-corrected chi connectivity index (χ2v) is 3.59. The zero-order valence-electron chi connectivity index (χ0n) is 8.28. The summed E-state index contributed by atoms with van der Waals surface area (Å²) < 4.78 is 13.5. The molecule has 0 radical (unpaired) electrons. The first-order valence-electron chi connectivity index (χ1n) is 5.09. The molecule has 1 heterocycles. The summed E-state index contributed by atoms with van der Waals surface area (Å²) in [5.74, 6) is 5.93. The number of piperidine rings is 1. The van der Waals surface area contributed by atoms with Crippen LogP contribution < -0.4 is 5.32 Å². The lowest BCUT2D eigenvalue weighted by atomic mass is 9.92. The third-order valence-corrected chi connectivity index (χ3v) is 2.57. The molecule has 0 aromatic carbocycles. The first-order valence-corrected chi connectivity index (χ1v) is 5.09. The second kappa shape index (κ2) is 5.99. The summed E-state index contributed by atoms with van der Waals surface area (Å²) >= 11 is 0. The molecule has 0 aromatic rings. The first kappa shape index (κ1) is 10.5. The average Bonchev–Trinajstić information content (AvgIpc) is 2.19. The lowest BCUT2D eigenvalue weighted by molar-refractivity contribution is 0.183. The zero-order valence-corrected chi connectivity index (χ0v) is 8.28. The molecule has 1 saturated heterocycles. The van der Waals surface area contributed by atoms with E-state index in [2.05, 4.69) is 17.2 Å². The van der Waals surface area contributed by atoms with Crippen molar-refractivity contribution in [1.29, 1.82) is 0 Å². The SMILES string of the molecule is CC#CCCC(F)C1CCCNC1. The van der Waals surface area contributed by atoms with E-state index in [1.165, 1.54) is 0 Å². The maximum atomic E-state index is 13.5. The number of nitrogens with one attached hydrogen (secondary N) is 1. The van der Waals surface area contributed by atoms with Crippen LogP contribution in [0.2, 0.25) is 0 Å². The Balaban J connectivity index is 2.19. The van der Waals surface area contributed by atoms with Crippen molar-refractivity contribution in [3.8, 4) is 11.8 Å². The van der Waals surface area contributed by atoms with E-state index in [1.54, 1.807) is 6.92 Å². The summed E-state index contributed by atoms with van der Waals surface area (Å²) in [5.41, 5.74) is 0. The van der Waals surface area contributed by atoms with E-state index in [9.17, 15) is 4.39 Å². The van der Waals surface area contributed by atoms with Crippen molar-refractivity contribution in [1.82, 2.24) is 5.32 Å². The largest absolute Gasteiger partial charge is 0.316 e. The summed E-state index contributed by atoms with van der Waals surface area (Å²) in [6.45, 7) is 3.70. The summed E-state index contributed by atoms with van der Waals surface area (Å²) in [4.78, 5) is 0. The Bertz CT molecular complexity index is 186. The maximum Gasteiger partial charge on any atom is 0.105 e.